The van der Waals surface area contributed by atoms with Gasteiger partial charge in [0.05, 0.1) is 23.0 Å². The zero-order valence-electron chi connectivity index (χ0n) is 14.6. The average molecular weight is 347 g/mol. The van der Waals surface area contributed by atoms with E-state index in [-0.39, 0.29) is 5.91 Å². The van der Waals surface area contributed by atoms with E-state index in [9.17, 15) is 4.79 Å². The topological polar surface area (TPSA) is 54.3 Å². The molecule has 1 atom stereocenters. The molecule has 0 spiro atoms. The molecule has 7 heteroatoms. The summed E-state index contributed by atoms with van der Waals surface area (Å²) in [5, 5.41) is 4.20. The number of nitrogens with zero attached hydrogens (tertiary/aromatic N) is 5. The molecule has 0 N–H and O–H groups in total. The first kappa shape index (κ1) is 17.1. The Balaban J connectivity index is 1.51. The van der Waals surface area contributed by atoms with Gasteiger partial charge in [-0.05, 0) is 33.2 Å². The van der Waals surface area contributed by atoms with Crippen molar-refractivity contribution in [2.45, 2.75) is 33.4 Å². The highest BCUT2D eigenvalue weighted by atomic mass is 32.1. The van der Waals surface area contributed by atoms with Gasteiger partial charge >= 0.3 is 0 Å². The predicted octanol–water partition coefficient (Wildman–Crippen LogP) is 2.26. The third-order valence-electron chi connectivity index (χ3n) is 4.61. The summed E-state index contributed by atoms with van der Waals surface area (Å²) in [5.74, 6) is 0.645. The Morgan fingerprint density at radius 1 is 1.50 bits per heavy atom. The van der Waals surface area contributed by atoms with Crippen LogP contribution in [0.2, 0.25) is 0 Å². The van der Waals surface area contributed by atoms with Crippen LogP contribution in [0.1, 0.15) is 34.3 Å². The van der Waals surface area contributed by atoms with Gasteiger partial charge in [-0.1, -0.05) is 0 Å². The van der Waals surface area contributed by atoms with Crippen molar-refractivity contribution in [2.75, 3.05) is 26.7 Å². The van der Waals surface area contributed by atoms with Crippen molar-refractivity contribution in [3.8, 4) is 0 Å². The van der Waals surface area contributed by atoms with Gasteiger partial charge in [-0.2, -0.15) is 5.10 Å². The van der Waals surface area contributed by atoms with E-state index in [2.05, 4.69) is 29.0 Å². The molecule has 0 unspecified atom stereocenters. The number of carbonyl (C=O) groups is 1. The fraction of sp³-hybridized carbons (Fsp3) is 0.588. The molecular weight excluding hydrogens is 322 g/mol. The highest BCUT2D eigenvalue weighted by Crippen LogP contribution is 2.21. The van der Waals surface area contributed by atoms with E-state index in [1.54, 1.807) is 22.2 Å². The van der Waals surface area contributed by atoms with Crippen molar-refractivity contribution < 1.29 is 4.79 Å². The summed E-state index contributed by atoms with van der Waals surface area (Å²) in [6, 6.07) is 0. The molecule has 0 saturated carbocycles. The van der Waals surface area contributed by atoms with Crippen LogP contribution in [0.15, 0.2) is 17.9 Å². The summed E-state index contributed by atoms with van der Waals surface area (Å²) in [6.45, 7) is 8.49. The van der Waals surface area contributed by atoms with Crippen LogP contribution in [0.25, 0.3) is 0 Å². The second-order valence-corrected chi connectivity index (χ2v) is 7.49. The minimum Gasteiger partial charge on any atom is -0.338 e. The van der Waals surface area contributed by atoms with Crippen molar-refractivity contribution in [1.82, 2.24) is 24.6 Å². The predicted molar refractivity (Wildman–Crippen MR) is 95.1 cm³/mol. The molecule has 3 heterocycles. The highest BCUT2D eigenvalue weighted by molar-refractivity contribution is 7.09. The molecule has 0 bridgehead atoms. The molecule has 130 valence electrons. The Kier molecular flexibility index (Phi) is 5.30. The van der Waals surface area contributed by atoms with Gasteiger partial charge in [-0.15, -0.1) is 11.3 Å². The Bertz CT molecular complexity index is 695. The summed E-state index contributed by atoms with van der Waals surface area (Å²) in [4.78, 5) is 22.5. The van der Waals surface area contributed by atoms with Gasteiger partial charge in [0, 0.05) is 43.8 Å². The van der Waals surface area contributed by atoms with Crippen LogP contribution in [0.5, 0.6) is 0 Å². The second-order valence-electron chi connectivity index (χ2n) is 6.55. The van der Waals surface area contributed by atoms with E-state index in [0.29, 0.717) is 11.5 Å². The summed E-state index contributed by atoms with van der Waals surface area (Å²) >= 11 is 1.72. The van der Waals surface area contributed by atoms with Gasteiger partial charge in [0.1, 0.15) is 0 Å². The van der Waals surface area contributed by atoms with Crippen LogP contribution in [0.4, 0.5) is 0 Å². The third-order valence-corrected chi connectivity index (χ3v) is 5.53. The number of rotatable bonds is 6. The SMILES string of the molecule is CCn1cc(C(=O)N2CC[C@@H](CN(C)Cc3scnc3C)C2)cn1. The number of aromatic nitrogens is 3. The monoisotopic (exact) mass is 347 g/mol. The van der Waals surface area contributed by atoms with Gasteiger partial charge in [-0.3, -0.25) is 9.48 Å². The maximum atomic E-state index is 12.6. The van der Waals surface area contributed by atoms with Crippen LogP contribution in [0, 0.1) is 12.8 Å². The number of hydrogen-bond donors (Lipinski definition) is 0. The lowest BCUT2D eigenvalue weighted by Crippen LogP contribution is -2.31. The smallest absolute Gasteiger partial charge is 0.257 e. The lowest BCUT2D eigenvalue weighted by atomic mass is 10.1. The second kappa shape index (κ2) is 7.44. The average Bonchev–Trinajstić information content (AvgIpc) is 3.29. The molecule has 3 rings (SSSR count). The summed E-state index contributed by atoms with van der Waals surface area (Å²) < 4.78 is 1.80. The van der Waals surface area contributed by atoms with Crippen molar-refractivity contribution in [3.05, 3.63) is 34.0 Å². The number of aryl methyl sites for hydroxylation is 2. The summed E-state index contributed by atoms with van der Waals surface area (Å²) in [5.41, 5.74) is 3.74. The first-order chi connectivity index (χ1) is 11.6. The van der Waals surface area contributed by atoms with E-state index < -0.39 is 0 Å². The minimum atomic E-state index is 0.109. The maximum absolute atomic E-state index is 12.6. The molecule has 0 aliphatic carbocycles. The highest BCUT2D eigenvalue weighted by Gasteiger charge is 2.28. The van der Waals surface area contributed by atoms with Gasteiger partial charge in [0.15, 0.2) is 0 Å². The molecule has 0 aromatic carbocycles. The summed E-state index contributed by atoms with van der Waals surface area (Å²) in [7, 11) is 2.15. The molecule has 2 aromatic rings. The molecule has 0 radical (unpaired) electrons. The van der Waals surface area contributed by atoms with Gasteiger partial charge in [0.25, 0.3) is 5.91 Å². The molecule has 1 amide bonds. The number of likely N-dealkylation sites (tertiary alicyclic amines) is 1. The molecule has 1 saturated heterocycles. The minimum absolute atomic E-state index is 0.109. The zero-order chi connectivity index (χ0) is 17.1. The summed E-state index contributed by atoms with van der Waals surface area (Å²) in [6.07, 6.45) is 4.59. The Labute approximate surface area is 147 Å². The fourth-order valence-electron chi connectivity index (χ4n) is 3.22. The number of carbonyl (C=O) groups excluding carboxylic acids is 1. The normalized spacial score (nSPS) is 17.8. The van der Waals surface area contributed by atoms with Crippen molar-refractivity contribution in [2.24, 2.45) is 5.92 Å². The Morgan fingerprint density at radius 3 is 3.00 bits per heavy atom. The molecular formula is C17H25N5OS. The number of amides is 1. The van der Waals surface area contributed by atoms with Crippen LogP contribution in [-0.2, 0) is 13.1 Å². The largest absolute Gasteiger partial charge is 0.338 e. The van der Waals surface area contributed by atoms with Crippen LogP contribution < -0.4 is 0 Å². The zero-order valence-corrected chi connectivity index (χ0v) is 15.4. The molecule has 2 aromatic heterocycles. The Morgan fingerprint density at radius 2 is 2.33 bits per heavy atom. The first-order valence-electron chi connectivity index (χ1n) is 8.46. The van der Waals surface area contributed by atoms with Crippen molar-refractivity contribution in [3.63, 3.8) is 0 Å². The van der Waals surface area contributed by atoms with E-state index >= 15 is 0 Å². The van der Waals surface area contributed by atoms with Crippen LogP contribution >= 0.6 is 11.3 Å². The van der Waals surface area contributed by atoms with E-state index in [1.165, 1.54) is 4.88 Å². The van der Waals surface area contributed by atoms with E-state index in [4.69, 9.17) is 0 Å². The van der Waals surface area contributed by atoms with Crippen LogP contribution in [-0.4, -0.2) is 57.2 Å². The standard InChI is InChI=1S/C17H25N5OS/c1-4-22-10-15(7-19-22)17(23)21-6-5-14(9-21)8-20(3)11-16-13(2)18-12-24-16/h7,10,12,14H,4-6,8-9,11H2,1-3H3/t14-/m0/s1. The lowest BCUT2D eigenvalue weighted by molar-refractivity contribution is 0.0784. The maximum Gasteiger partial charge on any atom is 0.257 e. The van der Waals surface area contributed by atoms with Gasteiger partial charge in [-0.25, -0.2) is 4.98 Å². The lowest BCUT2D eigenvalue weighted by Gasteiger charge is -2.21. The number of hydrogen-bond acceptors (Lipinski definition) is 5. The van der Waals surface area contributed by atoms with Gasteiger partial charge in [0.2, 0.25) is 0 Å². The van der Waals surface area contributed by atoms with Crippen molar-refractivity contribution in [1.29, 1.82) is 0 Å². The molecule has 1 fully saturated rings. The first-order valence-corrected chi connectivity index (χ1v) is 9.34. The number of thiazole rings is 1. The Hall–Kier alpha value is -1.73. The van der Waals surface area contributed by atoms with Crippen molar-refractivity contribution >= 4 is 17.2 Å². The third kappa shape index (κ3) is 3.84. The van der Waals surface area contributed by atoms with E-state index in [1.807, 2.05) is 23.5 Å². The molecule has 6 nitrogen and oxygen atoms in total. The van der Waals surface area contributed by atoms with Crippen LogP contribution in [0.3, 0.4) is 0 Å². The molecule has 1 aliphatic heterocycles. The fourth-order valence-corrected chi connectivity index (χ4v) is 4.08. The molecule has 24 heavy (non-hydrogen) atoms. The quantitative estimate of drug-likeness (QED) is 0.804. The molecule has 1 aliphatic rings. The van der Waals surface area contributed by atoms with Gasteiger partial charge < -0.3 is 9.80 Å². The van der Waals surface area contributed by atoms with E-state index in [0.717, 1.165) is 44.8 Å².